The summed E-state index contributed by atoms with van der Waals surface area (Å²) in [5.74, 6) is 1.09. The lowest BCUT2D eigenvalue weighted by molar-refractivity contribution is 1.13. The van der Waals surface area contributed by atoms with E-state index in [2.05, 4.69) is 15.3 Å². The fourth-order valence-corrected chi connectivity index (χ4v) is 1.39. The number of anilines is 4. The first-order valence-corrected chi connectivity index (χ1v) is 5.27. The maximum absolute atomic E-state index is 5.47. The molecule has 0 radical (unpaired) electrons. The summed E-state index contributed by atoms with van der Waals surface area (Å²) in [5, 5.41) is 3.15. The Kier molecular flexibility index (Phi) is 3.09. The zero-order chi connectivity index (χ0) is 12.3. The van der Waals surface area contributed by atoms with Crippen LogP contribution in [-0.4, -0.2) is 24.1 Å². The van der Waals surface area contributed by atoms with Crippen molar-refractivity contribution in [2.24, 2.45) is 0 Å². The van der Waals surface area contributed by atoms with E-state index in [9.17, 15) is 0 Å². The summed E-state index contributed by atoms with van der Waals surface area (Å²) in [5.41, 5.74) is 7.59. The molecule has 0 aliphatic rings. The largest absolute Gasteiger partial charge is 0.382 e. The predicted molar refractivity (Wildman–Crippen MR) is 70.5 cm³/mol. The average Bonchev–Trinajstić information content (AvgIpc) is 2.33. The van der Waals surface area contributed by atoms with E-state index >= 15 is 0 Å². The van der Waals surface area contributed by atoms with Crippen LogP contribution in [0.1, 0.15) is 0 Å². The second-order valence-electron chi connectivity index (χ2n) is 3.89. The van der Waals surface area contributed by atoms with Gasteiger partial charge in [0.2, 0.25) is 0 Å². The molecular formula is C12H15N5. The molecule has 1 aromatic carbocycles. The number of hydrogen-bond acceptors (Lipinski definition) is 5. The molecule has 2 rings (SSSR count). The van der Waals surface area contributed by atoms with Crippen LogP contribution in [0.2, 0.25) is 0 Å². The van der Waals surface area contributed by atoms with E-state index in [0.29, 0.717) is 11.6 Å². The third kappa shape index (κ3) is 2.84. The predicted octanol–water partition coefficient (Wildman–Crippen LogP) is 1.87. The van der Waals surface area contributed by atoms with Crippen molar-refractivity contribution >= 4 is 23.0 Å². The Balaban J connectivity index is 2.11. The van der Waals surface area contributed by atoms with E-state index in [-0.39, 0.29) is 0 Å². The molecule has 88 valence electrons. The first-order valence-electron chi connectivity index (χ1n) is 5.27. The lowest BCUT2D eigenvalue weighted by Gasteiger charge is -2.13. The molecule has 0 bridgehead atoms. The monoisotopic (exact) mass is 229 g/mol. The molecule has 0 saturated heterocycles. The molecule has 0 aliphatic carbocycles. The van der Waals surface area contributed by atoms with Gasteiger partial charge in [0.25, 0.3) is 0 Å². The maximum Gasteiger partial charge on any atom is 0.149 e. The van der Waals surface area contributed by atoms with Crippen LogP contribution >= 0.6 is 0 Å². The highest BCUT2D eigenvalue weighted by Gasteiger charge is 1.98. The zero-order valence-corrected chi connectivity index (χ0v) is 9.88. The van der Waals surface area contributed by atoms with Gasteiger partial charge in [0, 0.05) is 25.5 Å². The molecule has 2 aromatic rings. The molecule has 0 amide bonds. The van der Waals surface area contributed by atoms with Crippen LogP contribution in [0.15, 0.2) is 36.7 Å². The van der Waals surface area contributed by atoms with Gasteiger partial charge in [-0.25, -0.2) is 9.97 Å². The molecule has 1 aromatic heterocycles. The van der Waals surface area contributed by atoms with Crippen LogP contribution < -0.4 is 16.0 Å². The van der Waals surface area contributed by atoms with Crippen LogP contribution in [0.5, 0.6) is 0 Å². The van der Waals surface area contributed by atoms with Gasteiger partial charge < -0.3 is 16.0 Å². The van der Waals surface area contributed by atoms with Crippen LogP contribution in [0.4, 0.5) is 23.0 Å². The van der Waals surface area contributed by atoms with Crippen molar-refractivity contribution in [2.45, 2.75) is 0 Å². The summed E-state index contributed by atoms with van der Waals surface area (Å²) in [6.45, 7) is 0. The van der Waals surface area contributed by atoms with Crippen molar-refractivity contribution in [1.82, 2.24) is 9.97 Å². The highest BCUT2D eigenvalue weighted by Crippen LogP contribution is 2.18. The summed E-state index contributed by atoms with van der Waals surface area (Å²) in [7, 11) is 4.02. The Bertz CT molecular complexity index is 475. The summed E-state index contributed by atoms with van der Waals surface area (Å²) >= 11 is 0. The first-order chi connectivity index (χ1) is 8.15. The third-order valence-corrected chi connectivity index (χ3v) is 2.33. The minimum absolute atomic E-state index is 0.415. The lowest BCUT2D eigenvalue weighted by atomic mass is 10.2. The Labute approximate surface area is 100 Å². The van der Waals surface area contributed by atoms with E-state index in [4.69, 9.17) is 5.73 Å². The molecule has 0 saturated carbocycles. The van der Waals surface area contributed by atoms with E-state index in [1.165, 1.54) is 6.20 Å². The van der Waals surface area contributed by atoms with E-state index in [0.717, 1.165) is 11.4 Å². The molecule has 17 heavy (non-hydrogen) atoms. The van der Waals surface area contributed by atoms with E-state index in [1.807, 2.05) is 43.3 Å². The van der Waals surface area contributed by atoms with Crippen LogP contribution in [0, 0.1) is 0 Å². The third-order valence-electron chi connectivity index (χ3n) is 2.33. The molecule has 0 aliphatic heterocycles. The Morgan fingerprint density at radius 3 is 2.29 bits per heavy atom. The lowest BCUT2D eigenvalue weighted by Crippen LogP contribution is -2.08. The fraction of sp³-hybridized carbons (Fsp3) is 0.167. The molecule has 3 N–H and O–H groups in total. The smallest absolute Gasteiger partial charge is 0.149 e. The van der Waals surface area contributed by atoms with E-state index in [1.54, 1.807) is 6.20 Å². The van der Waals surface area contributed by atoms with Crippen molar-refractivity contribution in [3.05, 3.63) is 36.7 Å². The summed E-state index contributed by atoms with van der Waals surface area (Å²) in [6, 6.07) is 8.06. The number of nitrogens with zero attached hydrogens (tertiary/aromatic N) is 3. The number of hydrogen-bond donors (Lipinski definition) is 2. The van der Waals surface area contributed by atoms with Crippen molar-refractivity contribution in [3.8, 4) is 0 Å². The second-order valence-corrected chi connectivity index (χ2v) is 3.89. The topological polar surface area (TPSA) is 67.1 Å². The molecule has 0 spiro atoms. The summed E-state index contributed by atoms with van der Waals surface area (Å²) < 4.78 is 0. The number of benzene rings is 1. The van der Waals surface area contributed by atoms with Gasteiger partial charge in [-0.3, -0.25) is 0 Å². The number of rotatable bonds is 3. The van der Waals surface area contributed by atoms with Gasteiger partial charge in [0.15, 0.2) is 0 Å². The maximum atomic E-state index is 5.47. The molecule has 0 fully saturated rings. The fourth-order valence-electron chi connectivity index (χ4n) is 1.39. The van der Waals surface area contributed by atoms with Gasteiger partial charge in [-0.1, -0.05) is 0 Å². The SMILES string of the molecule is CN(C)c1ccc(Nc2cnc(N)cn2)cc1. The van der Waals surface area contributed by atoms with Gasteiger partial charge in [0.1, 0.15) is 11.6 Å². The quantitative estimate of drug-likeness (QED) is 0.841. The van der Waals surface area contributed by atoms with Crippen molar-refractivity contribution in [3.63, 3.8) is 0 Å². The Morgan fingerprint density at radius 2 is 1.76 bits per heavy atom. The minimum Gasteiger partial charge on any atom is -0.382 e. The van der Waals surface area contributed by atoms with Crippen molar-refractivity contribution < 1.29 is 0 Å². The Morgan fingerprint density at radius 1 is 1.06 bits per heavy atom. The van der Waals surface area contributed by atoms with Gasteiger partial charge in [-0.2, -0.15) is 0 Å². The van der Waals surface area contributed by atoms with Crippen LogP contribution in [-0.2, 0) is 0 Å². The minimum atomic E-state index is 0.415. The Hall–Kier alpha value is -2.30. The number of nitrogens with two attached hydrogens (primary N) is 1. The molecule has 5 nitrogen and oxygen atoms in total. The normalized spacial score (nSPS) is 10.0. The zero-order valence-electron chi connectivity index (χ0n) is 9.88. The van der Waals surface area contributed by atoms with Crippen LogP contribution in [0.3, 0.4) is 0 Å². The molecular weight excluding hydrogens is 214 g/mol. The summed E-state index contributed by atoms with van der Waals surface area (Å²) in [4.78, 5) is 10.1. The molecule has 0 atom stereocenters. The van der Waals surface area contributed by atoms with Gasteiger partial charge >= 0.3 is 0 Å². The van der Waals surface area contributed by atoms with E-state index < -0.39 is 0 Å². The number of aromatic nitrogens is 2. The van der Waals surface area contributed by atoms with Crippen molar-refractivity contribution in [1.29, 1.82) is 0 Å². The van der Waals surface area contributed by atoms with Gasteiger partial charge in [0.05, 0.1) is 12.4 Å². The van der Waals surface area contributed by atoms with Gasteiger partial charge in [-0.15, -0.1) is 0 Å². The first kappa shape index (κ1) is 11.2. The average molecular weight is 229 g/mol. The highest BCUT2D eigenvalue weighted by atomic mass is 15.1. The molecule has 0 unspecified atom stereocenters. The summed E-state index contributed by atoms with van der Waals surface area (Å²) in [6.07, 6.45) is 3.13. The van der Waals surface area contributed by atoms with Gasteiger partial charge in [-0.05, 0) is 24.3 Å². The number of nitrogen functional groups attached to an aromatic ring is 1. The highest BCUT2D eigenvalue weighted by molar-refractivity contribution is 5.60. The molecule has 5 heteroatoms. The second kappa shape index (κ2) is 4.69. The standard InChI is InChI=1S/C12H15N5/c1-17(2)10-5-3-9(4-6-10)16-12-8-14-11(13)7-15-12/h3-8H,1-2H3,(H2,13,14)(H,15,16). The molecule has 1 heterocycles. The van der Waals surface area contributed by atoms with Crippen LogP contribution in [0.25, 0.3) is 0 Å². The number of nitrogens with one attached hydrogen (secondary N) is 1. The van der Waals surface area contributed by atoms with Crippen molar-refractivity contribution in [2.75, 3.05) is 30.0 Å².